The van der Waals surface area contributed by atoms with Gasteiger partial charge in [0, 0.05) is 56.1 Å². The monoisotopic (exact) mass is 596 g/mol. The van der Waals surface area contributed by atoms with Gasteiger partial charge in [0.1, 0.15) is 24.0 Å². The second kappa shape index (κ2) is 12.7. The van der Waals surface area contributed by atoms with E-state index in [2.05, 4.69) is 57.1 Å². The molecule has 1 aromatic carbocycles. The van der Waals surface area contributed by atoms with Crippen LogP contribution in [0.3, 0.4) is 0 Å². The zero-order valence-electron chi connectivity index (χ0n) is 25.8. The number of piperazine rings is 1. The Kier molecular flexibility index (Phi) is 8.53. The van der Waals surface area contributed by atoms with Gasteiger partial charge in [-0.05, 0) is 64.4 Å². The van der Waals surface area contributed by atoms with E-state index < -0.39 is 0 Å². The van der Waals surface area contributed by atoms with E-state index in [4.69, 9.17) is 9.72 Å². The first-order valence-electron chi connectivity index (χ1n) is 15.5. The highest BCUT2D eigenvalue weighted by Crippen LogP contribution is 2.39. The van der Waals surface area contributed by atoms with Crippen molar-refractivity contribution >= 4 is 34.0 Å². The van der Waals surface area contributed by atoms with E-state index in [-0.39, 0.29) is 18.1 Å². The second-order valence-corrected chi connectivity index (χ2v) is 12.1. The number of benzene rings is 1. The number of aryl methyl sites for hydroxylation is 1. The number of aromatic nitrogens is 3. The molecule has 0 bridgehead atoms. The Morgan fingerprint density at radius 1 is 1.14 bits per heavy atom. The average molecular weight is 597 g/mol. The highest BCUT2D eigenvalue weighted by atomic mass is 16.5. The summed E-state index contributed by atoms with van der Waals surface area (Å²) in [7, 11) is 2.12. The predicted octanol–water partition coefficient (Wildman–Crippen LogP) is 3.36. The third kappa shape index (κ3) is 5.86. The van der Waals surface area contributed by atoms with Crippen LogP contribution in [0.25, 0.3) is 10.9 Å². The molecule has 2 saturated heterocycles. The van der Waals surface area contributed by atoms with Gasteiger partial charge in [0.2, 0.25) is 11.8 Å². The number of hydrogen-bond donors (Lipinski definition) is 1. The Labute approximate surface area is 258 Å². The molecule has 11 heteroatoms. The van der Waals surface area contributed by atoms with Gasteiger partial charge >= 0.3 is 0 Å². The van der Waals surface area contributed by atoms with E-state index in [1.54, 1.807) is 11.0 Å². The first-order chi connectivity index (χ1) is 21.3. The fraction of sp³-hybridized carbons (Fsp3) is 0.485. The molecule has 5 heterocycles. The summed E-state index contributed by atoms with van der Waals surface area (Å²) in [5.41, 5.74) is 6.70. The summed E-state index contributed by atoms with van der Waals surface area (Å²) in [6.45, 7) is 8.80. The number of nitriles is 1. The van der Waals surface area contributed by atoms with Crippen molar-refractivity contribution in [3.63, 3.8) is 0 Å². The molecule has 1 N–H and O–H groups in total. The number of anilines is 2. The number of likely N-dealkylation sites (N-methyl/N-ethyl adjacent to an activating group) is 1. The Balaban J connectivity index is 1.31. The third-order valence-electron chi connectivity index (χ3n) is 9.18. The van der Waals surface area contributed by atoms with Gasteiger partial charge < -0.3 is 24.3 Å². The van der Waals surface area contributed by atoms with Crippen LogP contribution in [0.4, 0.5) is 11.4 Å². The molecular formula is C33H40N8O3. The van der Waals surface area contributed by atoms with Crippen LogP contribution in [-0.2, 0) is 22.6 Å². The van der Waals surface area contributed by atoms with Crippen LogP contribution in [0.2, 0.25) is 0 Å². The van der Waals surface area contributed by atoms with Crippen molar-refractivity contribution in [2.45, 2.75) is 52.1 Å². The van der Waals surface area contributed by atoms with Crippen LogP contribution in [0, 0.1) is 18.3 Å². The van der Waals surface area contributed by atoms with Crippen LogP contribution in [0.15, 0.2) is 30.5 Å². The smallest absolute Gasteiger partial charge is 0.246 e. The first-order valence-corrected chi connectivity index (χ1v) is 15.5. The molecule has 1 atom stereocenters. The molecule has 230 valence electrons. The van der Waals surface area contributed by atoms with E-state index >= 15 is 0 Å². The molecule has 11 nitrogen and oxygen atoms in total. The van der Waals surface area contributed by atoms with Crippen molar-refractivity contribution in [1.29, 1.82) is 5.26 Å². The lowest BCUT2D eigenvalue weighted by atomic mass is 9.97. The molecule has 3 aliphatic rings. The van der Waals surface area contributed by atoms with Gasteiger partial charge in [-0.3, -0.25) is 14.7 Å². The highest BCUT2D eigenvalue weighted by molar-refractivity contribution is 5.93. The fourth-order valence-corrected chi connectivity index (χ4v) is 6.76. The number of allylic oxidation sites excluding steroid dienone is 1. The summed E-state index contributed by atoms with van der Waals surface area (Å²) >= 11 is 0. The summed E-state index contributed by atoms with van der Waals surface area (Å²) in [6, 6.07) is 6.92. The molecule has 3 aromatic rings. The molecule has 1 amide bonds. The molecule has 0 saturated carbocycles. The topological polar surface area (TPSA) is 122 Å². The number of fused-ring (bicyclic) bond motifs is 2. The predicted molar refractivity (Wildman–Crippen MR) is 169 cm³/mol. The van der Waals surface area contributed by atoms with Gasteiger partial charge in [0.25, 0.3) is 0 Å². The number of nitrogens with one attached hydrogen (secondary N) is 1. The number of aromatic amines is 1. The van der Waals surface area contributed by atoms with E-state index in [0.717, 1.165) is 65.9 Å². The van der Waals surface area contributed by atoms with Gasteiger partial charge in [0.05, 0.1) is 35.3 Å². The summed E-state index contributed by atoms with van der Waals surface area (Å²) < 4.78 is 6.39. The third-order valence-corrected chi connectivity index (χ3v) is 9.18. The standard InChI is InChI=1S/C33H40N8O3/c1-22-9-10-28-27(19-35-37-28)31(22)41-13-11-25-29(20-41)36-33(44-21-24-7-5-12-38(24)3)26(18-34)32(25)40-16-14-39(15-17-40)30(43)8-4-6-23(2)42/h4,8-10,19,24H,5-7,11-17,20-21H2,1-3H3,(H,35,37)/b8-4+/t24-/m0/s1. The van der Waals surface area contributed by atoms with Crippen molar-refractivity contribution in [3.8, 4) is 11.9 Å². The molecule has 44 heavy (non-hydrogen) atoms. The van der Waals surface area contributed by atoms with Gasteiger partial charge in [-0.25, -0.2) is 4.98 Å². The molecule has 0 aliphatic carbocycles. The van der Waals surface area contributed by atoms with Gasteiger partial charge in [-0.1, -0.05) is 12.1 Å². The maximum Gasteiger partial charge on any atom is 0.246 e. The van der Waals surface area contributed by atoms with Crippen LogP contribution >= 0.6 is 0 Å². The number of carbonyl (C=O) groups excluding carboxylic acids is 2. The lowest BCUT2D eigenvalue weighted by Gasteiger charge is -2.39. The van der Waals surface area contributed by atoms with Crippen LogP contribution in [-0.4, -0.2) is 95.6 Å². The minimum Gasteiger partial charge on any atom is -0.475 e. The van der Waals surface area contributed by atoms with Crippen molar-refractivity contribution < 1.29 is 14.3 Å². The average Bonchev–Trinajstić information content (AvgIpc) is 3.67. The van der Waals surface area contributed by atoms with Crippen molar-refractivity contribution in [2.24, 2.45) is 0 Å². The number of carbonyl (C=O) groups is 2. The minimum absolute atomic E-state index is 0.0261. The summed E-state index contributed by atoms with van der Waals surface area (Å²) in [6.07, 6.45) is 8.20. The fourth-order valence-electron chi connectivity index (χ4n) is 6.76. The maximum atomic E-state index is 12.8. The van der Waals surface area contributed by atoms with Gasteiger partial charge in [0.15, 0.2) is 0 Å². The molecule has 6 rings (SSSR count). The van der Waals surface area contributed by atoms with Crippen molar-refractivity contribution in [3.05, 3.63) is 52.9 Å². The lowest BCUT2D eigenvalue weighted by molar-refractivity contribution is -0.126. The first kappa shape index (κ1) is 29.6. The molecule has 2 aromatic heterocycles. The maximum absolute atomic E-state index is 12.8. The molecule has 3 aliphatic heterocycles. The van der Waals surface area contributed by atoms with Crippen LogP contribution < -0.4 is 14.5 Å². The Hall–Kier alpha value is -4.43. The zero-order valence-corrected chi connectivity index (χ0v) is 25.8. The Bertz CT molecular complexity index is 1630. The summed E-state index contributed by atoms with van der Waals surface area (Å²) in [5, 5.41) is 18.9. The SMILES string of the molecule is CC(=O)C/C=C/C(=O)N1CCN(c2c(C#N)c(OC[C@@H]3CCCN3C)nc3c2CCN(c2c(C)ccc4[nH]ncc24)C3)CC1. The largest absolute Gasteiger partial charge is 0.475 e. The van der Waals surface area contributed by atoms with Crippen molar-refractivity contribution in [2.75, 3.05) is 62.7 Å². The Morgan fingerprint density at radius 3 is 2.68 bits per heavy atom. The van der Waals surface area contributed by atoms with E-state index in [1.807, 2.05) is 6.20 Å². The van der Waals surface area contributed by atoms with E-state index in [0.29, 0.717) is 56.8 Å². The van der Waals surface area contributed by atoms with E-state index in [9.17, 15) is 14.9 Å². The highest BCUT2D eigenvalue weighted by Gasteiger charge is 2.32. The summed E-state index contributed by atoms with van der Waals surface area (Å²) in [5.74, 6) is 0.331. The quantitative estimate of drug-likeness (QED) is 0.390. The lowest BCUT2D eigenvalue weighted by Crippen LogP contribution is -2.49. The number of ether oxygens (including phenoxy) is 1. The number of ketones is 1. The number of amides is 1. The molecule has 2 fully saturated rings. The van der Waals surface area contributed by atoms with Crippen LogP contribution in [0.1, 0.15) is 48.6 Å². The number of H-pyrrole nitrogens is 1. The number of Topliss-reactive ketones (excluding diaryl/α,β-unsaturated/α-hetero) is 1. The second-order valence-electron chi connectivity index (χ2n) is 12.1. The van der Waals surface area contributed by atoms with Crippen LogP contribution in [0.5, 0.6) is 5.88 Å². The molecule has 0 spiro atoms. The Morgan fingerprint density at radius 2 is 1.95 bits per heavy atom. The zero-order chi connectivity index (χ0) is 30.8. The molecular weight excluding hydrogens is 556 g/mol. The van der Waals surface area contributed by atoms with Crippen molar-refractivity contribution in [1.82, 2.24) is 25.0 Å². The van der Waals surface area contributed by atoms with E-state index in [1.165, 1.54) is 18.6 Å². The summed E-state index contributed by atoms with van der Waals surface area (Å²) in [4.78, 5) is 37.8. The minimum atomic E-state index is -0.0905. The number of rotatable bonds is 8. The van der Waals surface area contributed by atoms with Gasteiger partial charge in [-0.2, -0.15) is 10.4 Å². The van der Waals surface area contributed by atoms with Gasteiger partial charge in [-0.15, -0.1) is 0 Å². The number of hydrogen-bond acceptors (Lipinski definition) is 9. The number of pyridine rings is 1. The number of likely N-dealkylation sites (tertiary alicyclic amines) is 1. The molecule has 0 unspecified atom stereocenters. The number of nitrogens with zero attached hydrogens (tertiary/aromatic N) is 7. The molecule has 0 radical (unpaired) electrons. The normalized spacial score (nSPS) is 19.0.